The van der Waals surface area contributed by atoms with Crippen LogP contribution in [-0.4, -0.2) is 4.57 Å². The Morgan fingerprint density at radius 1 is 1.44 bits per heavy atom. The number of halogens is 1. The average molecular weight is 275 g/mol. The average Bonchev–Trinajstić information content (AvgIpc) is 3.02. The predicted octanol–water partition coefficient (Wildman–Crippen LogP) is 3.69. The largest absolute Gasteiger partial charge is 0.346 e. The van der Waals surface area contributed by atoms with Gasteiger partial charge >= 0.3 is 0 Å². The number of aromatic nitrogens is 1. The van der Waals surface area contributed by atoms with Crippen LogP contribution in [0.5, 0.6) is 0 Å². The van der Waals surface area contributed by atoms with Crippen molar-refractivity contribution in [3.63, 3.8) is 0 Å². The highest BCUT2D eigenvalue weighted by Gasteiger charge is 2.22. The van der Waals surface area contributed by atoms with E-state index in [1.165, 1.54) is 12.8 Å². The van der Waals surface area contributed by atoms with Crippen LogP contribution in [0.2, 0.25) is 0 Å². The molecule has 16 heavy (non-hydrogen) atoms. The molecule has 1 heterocycles. The lowest BCUT2D eigenvalue weighted by atomic mass is 10.2. The van der Waals surface area contributed by atoms with Crippen molar-refractivity contribution in [2.75, 3.05) is 0 Å². The number of hydrogen-bond donors (Lipinski definition) is 0. The Hall–Kier alpha value is -1.27. The third kappa shape index (κ3) is 1.64. The van der Waals surface area contributed by atoms with Gasteiger partial charge < -0.3 is 4.57 Å². The number of rotatable bonds is 2. The van der Waals surface area contributed by atoms with Crippen molar-refractivity contribution in [3.8, 4) is 6.07 Å². The first-order valence-electron chi connectivity index (χ1n) is 5.46. The number of fused-ring (bicyclic) bond motifs is 1. The zero-order valence-electron chi connectivity index (χ0n) is 8.78. The maximum atomic E-state index is 9.09. The van der Waals surface area contributed by atoms with Gasteiger partial charge in [0.25, 0.3) is 0 Å². The van der Waals surface area contributed by atoms with Crippen LogP contribution in [-0.2, 0) is 6.54 Å². The van der Waals surface area contributed by atoms with Crippen LogP contribution in [0.25, 0.3) is 10.9 Å². The Labute approximate surface area is 103 Å². The molecule has 1 aromatic heterocycles. The van der Waals surface area contributed by atoms with Crippen molar-refractivity contribution < 1.29 is 0 Å². The van der Waals surface area contributed by atoms with Gasteiger partial charge in [0.1, 0.15) is 6.07 Å². The second-order valence-corrected chi connectivity index (χ2v) is 5.33. The van der Waals surface area contributed by atoms with Crippen molar-refractivity contribution in [2.24, 2.45) is 5.92 Å². The molecule has 0 amide bonds. The third-order valence-electron chi connectivity index (χ3n) is 3.12. The van der Waals surface area contributed by atoms with Gasteiger partial charge in [-0.25, -0.2) is 0 Å². The first-order valence-corrected chi connectivity index (χ1v) is 6.26. The Bertz CT molecular complexity index is 588. The topological polar surface area (TPSA) is 28.7 Å². The molecule has 80 valence electrons. The lowest BCUT2D eigenvalue weighted by Crippen LogP contribution is -1.97. The van der Waals surface area contributed by atoms with E-state index in [0.717, 1.165) is 33.4 Å². The molecule has 0 atom stereocenters. The molecule has 1 aliphatic rings. The van der Waals surface area contributed by atoms with Crippen LogP contribution in [0, 0.1) is 17.2 Å². The summed E-state index contributed by atoms with van der Waals surface area (Å²) >= 11 is 3.48. The highest BCUT2D eigenvalue weighted by atomic mass is 79.9. The summed E-state index contributed by atoms with van der Waals surface area (Å²) in [5.74, 6) is 0.820. The smallest absolute Gasteiger partial charge is 0.101 e. The minimum atomic E-state index is 0.781. The van der Waals surface area contributed by atoms with Gasteiger partial charge in [-0.05, 0) is 30.9 Å². The summed E-state index contributed by atoms with van der Waals surface area (Å²) in [5, 5.41) is 10.2. The summed E-state index contributed by atoms with van der Waals surface area (Å²) in [6, 6.07) is 8.37. The van der Waals surface area contributed by atoms with E-state index in [0.29, 0.717) is 0 Å². The summed E-state index contributed by atoms with van der Waals surface area (Å²) in [6.07, 6.45) is 4.64. The molecule has 2 nitrogen and oxygen atoms in total. The van der Waals surface area contributed by atoms with Crippen LogP contribution in [0.4, 0.5) is 0 Å². The molecular weight excluding hydrogens is 264 g/mol. The summed E-state index contributed by atoms with van der Waals surface area (Å²) in [5.41, 5.74) is 1.95. The van der Waals surface area contributed by atoms with Crippen LogP contribution in [0.15, 0.2) is 28.9 Å². The van der Waals surface area contributed by atoms with Gasteiger partial charge in [-0.1, -0.05) is 22.0 Å². The van der Waals surface area contributed by atoms with E-state index in [1.807, 2.05) is 18.3 Å². The van der Waals surface area contributed by atoms with Crippen molar-refractivity contribution in [3.05, 3.63) is 34.4 Å². The second kappa shape index (κ2) is 3.64. The van der Waals surface area contributed by atoms with E-state index >= 15 is 0 Å². The van der Waals surface area contributed by atoms with Gasteiger partial charge in [0.05, 0.1) is 11.1 Å². The van der Waals surface area contributed by atoms with Crippen LogP contribution in [0.3, 0.4) is 0 Å². The van der Waals surface area contributed by atoms with Crippen molar-refractivity contribution in [1.29, 1.82) is 5.26 Å². The van der Waals surface area contributed by atoms with E-state index in [2.05, 4.69) is 32.6 Å². The van der Waals surface area contributed by atoms with E-state index in [9.17, 15) is 0 Å². The summed E-state index contributed by atoms with van der Waals surface area (Å²) in [4.78, 5) is 0. The second-order valence-electron chi connectivity index (χ2n) is 4.41. The van der Waals surface area contributed by atoms with E-state index in [-0.39, 0.29) is 0 Å². The number of nitriles is 1. The Morgan fingerprint density at radius 3 is 2.94 bits per heavy atom. The Kier molecular flexibility index (Phi) is 2.26. The van der Waals surface area contributed by atoms with Gasteiger partial charge in [0.15, 0.2) is 0 Å². The third-order valence-corrected chi connectivity index (χ3v) is 3.61. The number of benzene rings is 1. The zero-order valence-corrected chi connectivity index (χ0v) is 10.4. The zero-order chi connectivity index (χ0) is 11.1. The Morgan fingerprint density at radius 2 is 2.25 bits per heavy atom. The maximum absolute atomic E-state index is 9.09. The van der Waals surface area contributed by atoms with Gasteiger partial charge in [-0.2, -0.15) is 5.26 Å². The maximum Gasteiger partial charge on any atom is 0.101 e. The van der Waals surface area contributed by atoms with Crippen LogP contribution in [0.1, 0.15) is 18.4 Å². The monoisotopic (exact) mass is 274 g/mol. The molecule has 0 bridgehead atoms. The van der Waals surface area contributed by atoms with Gasteiger partial charge in [-0.3, -0.25) is 0 Å². The fourth-order valence-electron chi connectivity index (χ4n) is 2.08. The molecule has 1 aliphatic carbocycles. The van der Waals surface area contributed by atoms with Crippen molar-refractivity contribution in [2.45, 2.75) is 19.4 Å². The molecule has 0 N–H and O–H groups in total. The van der Waals surface area contributed by atoms with Crippen LogP contribution < -0.4 is 0 Å². The molecule has 1 aromatic carbocycles. The number of hydrogen-bond acceptors (Lipinski definition) is 1. The molecule has 3 heteroatoms. The van der Waals surface area contributed by atoms with Crippen molar-refractivity contribution in [1.82, 2.24) is 4.57 Å². The normalized spacial score (nSPS) is 15.2. The highest BCUT2D eigenvalue weighted by Crippen LogP contribution is 2.33. The Balaban J connectivity index is 2.18. The predicted molar refractivity (Wildman–Crippen MR) is 67.1 cm³/mol. The molecule has 0 aliphatic heterocycles. The minimum absolute atomic E-state index is 0.781. The lowest BCUT2D eigenvalue weighted by Gasteiger charge is -2.03. The number of nitrogens with zero attached hydrogens (tertiary/aromatic N) is 2. The molecule has 0 radical (unpaired) electrons. The first-order chi connectivity index (χ1) is 7.78. The molecule has 1 fully saturated rings. The summed E-state index contributed by atoms with van der Waals surface area (Å²) < 4.78 is 3.29. The molecule has 1 saturated carbocycles. The summed E-state index contributed by atoms with van der Waals surface area (Å²) in [7, 11) is 0. The first kappa shape index (κ1) is 9.92. The fraction of sp³-hybridized carbons (Fsp3) is 0.308. The van der Waals surface area contributed by atoms with Gasteiger partial charge in [-0.15, -0.1) is 0 Å². The van der Waals surface area contributed by atoms with E-state index < -0.39 is 0 Å². The van der Waals surface area contributed by atoms with E-state index in [1.54, 1.807) is 0 Å². The fourth-order valence-corrected chi connectivity index (χ4v) is 2.43. The molecular formula is C13H11BrN2. The van der Waals surface area contributed by atoms with E-state index in [4.69, 9.17) is 5.26 Å². The molecule has 3 rings (SSSR count). The van der Waals surface area contributed by atoms with Crippen LogP contribution >= 0.6 is 15.9 Å². The van der Waals surface area contributed by atoms with Crippen molar-refractivity contribution >= 4 is 26.8 Å². The molecule has 0 spiro atoms. The minimum Gasteiger partial charge on any atom is -0.346 e. The quantitative estimate of drug-likeness (QED) is 0.821. The molecule has 0 saturated heterocycles. The molecule has 0 unspecified atom stereocenters. The lowest BCUT2D eigenvalue weighted by molar-refractivity contribution is 0.647. The summed E-state index contributed by atoms with van der Waals surface area (Å²) in [6.45, 7) is 1.05. The molecule has 2 aromatic rings. The van der Waals surface area contributed by atoms with Gasteiger partial charge in [0.2, 0.25) is 0 Å². The SMILES string of the molecule is N#Cc1cn(CC2CC2)c2cc(Br)ccc12. The van der Waals surface area contributed by atoms with Gasteiger partial charge in [0, 0.05) is 22.6 Å². The highest BCUT2D eigenvalue weighted by molar-refractivity contribution is 9.10. The standard InChI is InChI=1S/C13H11BrN2/c14-11-3-4-12-10(6-15)8-16(13(12)5-11)7-9-1-2-9/h3-5,8-9H,1-2,7H2.